The van der Waals surface area contributed by atoms with Crippen LogP contribution in [0.15, 0.2) is 112 Å². The van der Waals surface area contributed by atoms with Crippen LogP contribution < -0.4 is 29.1 Å². The van der Waals surface area contributed by atoms with Crippen molar-refractivity contribution >= 4 is 29.1 Å². The Morgan fingerprint density at radius 3 is 2.38 bits per heavy atom. The first-order valence-corrected chi connectivity index (χ1v) is 16.3. The van der Waals surface area contributed by atoms with E-state index in [9.17, 15) is 14.0 Å². The molecule has 0 saturated heterocycles. The number of nitrogens with zero attached hydrogens (tertiary/aromatic N) is 2. The van der Waals surface area contributed by atoms with Gasteiger partial charge < -0.3 is 18.9 Å². The van der Waals surface area contributed by atoms with E-state index in [4.69, 9.17) is 23.9 Å². The van der Waals surface area contributed by atoms with Crippen molar-refractivity contribution in [2.75, 3.05) is 20.3 Å². The number of aromatic nitrogens is 1. The lowest BCUT2D eigenvalue weighted by molar-refractivity contribution is -0.138. The van der Waals surface area contributed by atoms with Crippen LogP contribution in [0.3, 0.4) is 0 Å². The average Bonchev–Trinajstić information content (AvgIpc) is 3.42. The second kappa shape index (κ2) is 14.5. The number of esters is 1. The Hall–Kier alpha value is -5.48. The van der Waals surface area contributed by atoms with E-state index < -0.39 is 12.0 Å². The van der Waals surface area contributed by atoms with Crippen molar-refractivity contribution in [2.45, 2.75) is 26.5 Å². The fourth-order valence-corrected chi connectivity index (χ4v) is 6.52. The number of halogens is 1. The van der Waals surface area contributed by atoms with E-state index >= 15 is 0 Å². The zero-order valence-corrected chi connectivity index (χ0v) is 27.5. The van der Waals surface area contributed by atoms with E-state index in [0.29, 0.717) is 50.0 Å². The minimum absolute atomic E-state index is 0.152. The summed E-state index contributed by atoms with van der Waals surface area (Å²) in [6, 6.07) is 27.3. The average molecular weight is 665 g/mol. The Labute approximate surface area is 280 Å². The number of para-hydroxylation sites is 1. The molecule has 0 bridgehead atoms. The molecular weight excluding hydrogens is 631 g/mol. The van der Waals surface area contributed by atoms with Crippen LogP contribution in [0.4, 0.5) is 4.39 Å². The van der Waals surface area contributed by atoms with Gasteiger partial charge in [-0.15, -0.1) is 0 Å². The zero-order chi connectivity index (χ0) is 33.6. The van der Waals surface area contributed by atoms with Crippen LogP contribution in [0.5, 0.6) is 17.2 Å². The molecule has 0 unspecified atom stereocenters. The maximum Gasteiger partial charge on any atom is 0.338 e. The molecule has 1 aliphatic heterocycles. The highest BCUT2D eigenvalue weighted by Gasteiger charge is 2.36. The van der Waals surface area contributed by atoms with E-state index in [0.717, 1.165) is 11.1 Å². The van der Waals surface area contributed by atoms with Gasteiger partial charge in [0.2, 0.25) is 0 Å². The molecule has 0 amide bonds. The van der Waals surface area contributed by atoms with Crippen molar-refractivity contribution in [2.24, 2.45) is 4.99 Å². The molecule has 0 N–H and O–H groups in total. The Bertz CT molecular complexity index is 2160. The Morgan fingerprint density at radius 1 is 0.896 bits per heavy atom. The van der Waals surface area contributed by atoms with Gasteiger partial charge >= 0.3 is 5.97 Å². The van der Waals surface area contributed by atoms with Crippen LogP contribution in [0.2, 0.25) is 0 Å². The second-order valence-electron chi connectivity index (χ2n) is 10.7. The Balaban J connectivity index is 1.49. The van der Waals surface area contributed by atoms with Gasteiger partial charge in [-0.3, -0.25) is 9.36 Å². The van der Waals surface area contributed by atoms with E-state index in [-0.39, 0.29) is 30.2 Å². The summed E-state index contributed by atoms with van der Waals surface area (Å²) in [7, 11) is 1.55. The monoisotopic (exact) mass is 664 g/mol. The molecule has 2 heterocycles. The molecule has 0 radical (unpaired) electrons. The highest BCUT2D eigenvalue weighted by atomic mass is 32.1. The summed E-state index contributed by atoms with van der Waals surface area (Å²) >= 11 is 1.22. The number of fused-ring (bicyclic) bond motifs is 1. The summed E-state index contributed by atoms with van der Waals surface area (Å²) in [4.78, 5) is 33.4. The smallest absolute Gasteiger partial charge is 0.338 e. The van der Waals surface area contributed by atoms with Crippen molar-refractivity contribution in [3.63, 3.8) is 0 Å². The molecule has 0 saturated carbocycles. The molecule has 0 spiro atoms. The molecule has 1 aromatic heterocycles. The normalized spacial score (nSPS) is 14.2. The fourth-order valence-electron chi connectivity index (χ4n) is 5.52. The van der Waals surface area contributed by atoms with E-state index in [1.165, 1.54) is 28.0 Å². The molecule has 1 aliphatic rings. The van der Waals surface area contributed by atoms with Crippen LogP contribution in [0, 0.1) is 5.82 Å². The molecule has 4 aromatic carbocycles. The first kappa shape index (κ1) is 32.5. The van der Waals surface area contributed by atoms with Gasteiger partial charge in [0.05, 0.1) is 36.1 Å². The molecule has 8 nitrogen and oxygen atoms in total. The summed E-state index contributed by atoms with van der Waals surface area (Å²) in [5.41, 5.74) is 3.21. The van der Waals surface area contributed by atoms with Crippen molar-refractivity contribution < 1.29 is 28.1 Å². The molecule has 0 aliphatic carbocycles. The maximum absolute atomic E-state index is 14.3. The van der Waals surface area contributed by atoms with Crippen molar-refractivity contribution in [1.82, 2.24) is 4.57 Å². The lowest BCUT2D eigenvalue weighted by Crippen LogP contribution is -2.40. The molecule has 5 aromatic rings. The third kappa shape index (κ3) is 6.65. The summed E-state index contributed by atoms with van der Waals surface area (Å²) in [6.07, 6.45) is 1.77. The van der Waals surface area contributed by atoms with Gasteiger partial charge in [0, 0.05) is 11.1 Å². The standard InChI is InChI=1S/C38H33FN2O6S/c1-4-45-31-21-25(17-20-30(31)47-23-24-15-18-27(39)19-16-24)22-32-36(42)41-35(28-13-9-10-14-29(28)44-3)33(37(43)46-5-2)34(40-38(41)48-32)26-11-7-6-8-12-26/h6-22,35H,4-5,23H2,1-3H3/t35-/m0/s1. The summed E-state index contributed by atoms with van der Waals surface area (Å²) in [5.74, 6) is 0.659. The number of methoxy groups -OCH3 is 1. The maximum atomic E-state index is 14.3. The molecule has 6 rings (SSSR count). The first-order chi connectivity index (χ1) is 23.4. The number of ether oxygens (including phenoxy) is 4. The van der Waals surface area contributed by atoms with Gasteiger partial charge in [-0.2, -0.15) is 0 Å². The third-order valence-electron chi connectivity index (χ3n) is 7.68. The molecule has 1 atom stereocenters. The lowest BCUT2D eigenvalue weighted by Gasteiger charge is -2.27. The second-order valence-corrected chi connectivity index (χ2v) is 11.7. The summed E-state index contributed by atoms with van der Waals surface area (Å²) in [5, 5.41) is 0. The number of rotatable bonds is 11. The minimum Gasteiger partial charge on any atom is -0.496 e. The number of thiazole rings is 1. The topological polar surface area (TPSA) is 88.4 Å². The van der Waals surface area contributed by atoms with Gasteiger partial charge in [-0.25, -0.2) is 14.2 Å². The molecule has 10 heteroatoms. The Morgan fingerprint density at radius 2 is 1.65 bits per heavy atom. The quantitative estimate of drug-likeness (QED) is 0.160. The van der Waals surface area contributed by atoms with Gasteiger partial charge in [0.1, 0.15) is 24.2 Å². The number of benzene rings is 4. The fraction of sp³-hybridized carbons (Fsp3) is 0.184. The minimum atomic E-state index is -0.866. The predicted molar refractivity (Wildman–Crippen MR) is 182 cm³/mol. The van der Waals surface area contributed by atoms with Crippen molar-refractivity contribution in [3.8, 4) is 17.2 Å². The van der Waals surface area contributed by atoms with Crippen LogP contribution in [-0.2, 0) is 16.1 Å². The zero-order valence-electron chi connectivity index (χ0n) is 26.6. The summed E-state index contributed by atoms with van der Waals surface area (Å²) in [6.45, 7) is 4.39. The predicted octanol–water partition coefficient (Wildman–Crippen LogP) is 6.06. The number of carbonyl (C=O) groups is 1. The molecule has 48 heavy (non-hydrogen) atoms. The third-order valence-corrected chi connectivity index (χ3v) is 8.66. The Kier molecular flexibility index (Phi) is 9.82. The lowest BCUT2D eigenvalue weighted by atomic mass is 9.92. The highest BCUT2D eigenvalue weighted by Crippen LogP contribution is 2.38. The van der Waals surface area contributed by atoms with Gasteiger partial charge in [0.15, 0.2) is 16.3 Å². The molecular formula is C38H33FN2O6S. The highest BCUT2D eigenvalue weighted by molar-refractivity contribution is 7.07. The van der Waals surface area contributed by atoms with Gasteiger partial charge in [-0.05, 0) is 61.4 Å². The number of hydrogen-bond acceptors (Lipinski definition) is 8. The van der Waals surface area contributed by atoms with Crippen LogP contribution in [0.25, 0.3) is 11.8 Å². The van der Waals surface area contributed by atoms with Gasteiger partial charge in [0.25, 0.3) is 5.56 Å². The summed E-state index contributed by atoms with van der Waals surface area (Å²) < 4.78 is 38.5. The van der Waals surface area contributed by atoms with E-state index in [2.05, 4.69) is 0 Å². The molecule has 244 valence electrons. The van der Waals surface area contributed by atoms with Crippen LogP contribution in [-0.4, -0.2) is 30.9 Å². The van der Waals surface area contributed by atoms with E-state index in [1.54, 1.807) is 50.4 Å². The van der Waals surface area contributed by atoms with Gasteiger partial charge in [-0.1, -0.05) is 78.1 Å². The first-order valence-electron chi connectivity index (χ1n) is 15.5. The van der Waals surface area contributed by atoms with Crippen LogP contribution >= 0.6 is 11.3 Å². The number of hydrogen-bond donors (Lipinski definition) is 0. The van der Waals surface area contributed by atoms with E-state index in [1.807, 2.05) is 61.5 Å². The largest absolute Gasteiger partial charge is 0.496 e. The molecule has 0 fully saturated rings. The van der Waals surface area contributed by atoms with Crippen molar-refractivity contribution in [1.29, 1.82) is 0 Å². The number of carbonyl (C=O) groups excluding carboxylic acids is 1. The van der Waals surface area contributed by atoms with Crippen molar-refractivity contribution in [3.05, 3.63) is 150 Å². The van der Waals surface area contributed by atoms with Crippen LogP contribution in [0.1, 0.15) is 42.1 Å². The SMILES string of the molecule is CCOC(=O)C1=C(c2ccccc2)N=c2sc(=Cc3ccc(OCc4ccc(F)cc4)c(OCC)c3)c(=O)n2[C@H]1c1ccccc1OC.